The topological polar surface area (TPSA) is 98.7 Å². The molecular formula is C24H26ClF2N3O4. The van der Waals surface area contributed by atoms with Crippen molar-refractivity contribution in [3.63, 3.8) is 0 Å². The molecule has 0 bridgehead atoms. The zero-order valence-corrected chi connectivity index (χ0v) is 19.2. The fourth-order valence-corrected chi connectivity index (χ4v) is 4.14. The van der Waals surface area contributed by atoms with E-state index in [-0.39, 0.29) is 43.0 Å². The van der Waals surface area contributed by atoms with E-state index in [0.29, 0.717) is 36.6 Å². The summed E-state index contributed by atoms with van der Waals surface area (Å²) in [5.41, 5.74) is 0.193. The second-order valence-corrected chi connectivity index (χ2v) is 8.61. The average molecular weight is 494 g/mol. The summed E-state index contributed by atoms with van der Waals surface area (Å²) in [6.07, 6.45) is 1.40. The third-order valence-electron chi connectivity index (χ3n) is 5.72. The monoisotopic (exact) mass is 493 g/mol. The highest BCUT2D eigenvalue weighted by Crippen LogP contribution is 2.30. The second-order valence-electron chi connectivity index (χ2n) is 8.20. The number of benzene rings is 2. The van der Waals surface area contributed by atoms with Crippen LogP contribution in [-0.4, -0.2) is 42.5 Å². The Kier molecular flexibility index (Phi) is 8.81. The van der Waals surface area contributed by atoms with E-state index < -0.39 is 29.4 Å². The van der Waals surface area contributed by atoms with E-state index in [1.165, 1.54) is 0 Å². The summed E-state index contributed by atoms with van der Waals surface area (Å²) in [6, 6.07) is 8.33. The van der Waals surface area contributed by atoms with Gasteiger partial charge in [-0.3, -0.25) is 9.59 Å². The molecule has 3 rings (SSSR count). The van der Waals surface area contributed by atoms with Crippen LogP contribution in [0.1, 0.15) is 42.5 Å². The quantitative estimate of drug-likeness (QED) is 0.333. The molecule has 2 aromatic rings. The highest BCUT2D eigenvalue weighted by atomic mass is 35.5. The first-order chi connectivity index (χ1) is 16.2. The molecule has 7 nitrogen and oxygen atoms in total. The molecule has 10 heteroatoms. The molecule has 0 spiro atoms. The number of aliphatic carboxylic acids is 1. The van der Waals surface area contributed by atoms with Crippen molar-refractivity contribution < 1.29 is 28.3 Å². The lowest BCUT2D eigenvalue weighted by molar-refractivity contribution is -0.138. The molecule has 1 aliphatic heterocycles. The lowest BCUT2D eigenvalue weighted by Crippen LogP contribution is -2.35. The van der Waals surface area contributed by atoms with E-state index in [9.17, 15) is 23.2 Å². The number of carboxylic acid groups (broad SMARTS) is 1. The fraction of sp³-hybridized carbons (Fsp3) is 0.375. The molecule has 2 aromatic carbocycles. The van der Waals surface area contributed by atoms with Gasteiger partial charge in [-0.1, -0.05) is 23.7 Å². The molecule has 2 amide bonds. The Hall–Kier alpha value is -3.20. The maximum atomic E-state index is 14.7. The van der Waals surface area contributed by atoms with Crippen LogP contribution in [0.5, 0.6) is 0 Å². The van der Waals surface area contributed by atoms with Crippen molar-refractivity contribution in [1.29, 1.82) is 0 Å². The maximum Gasteiger partial charge on any atom is 0.319 e. The van der Waals surface area contributed by atoms with Gasteiger partial charge in [-0.15, -0.1) is 0 Å². The van der Waals surface area contributed by atoms with Gasteiger partial charge in [0, 0.05) is 38.0 Å². The lowest BCUT2D eigenvalue weighted by Gasteiger charge is -2.33. The van der Waals surface area contributed by atoms with Gasteiger partial charge < -0.3 is 20.6 Å². The van der Waals surface area contributed by atoms with Gasteiger partial charge in [-0.05, 0) is 49.4 Å². The van der Waals surface area contributed by atoms with E-state index in [1.54, 1.807) is 29.2 Å². The minimum absolute atomic E-state index is 0.00514. The number of urea groups is 1. The number of carbonyl (C=O) groups excluding carboxylic acids is 2. The maximum absolute atomic E-state index is 14.7. The Morgan fingerprint density at radius 1 is 1.09 bits per heavy atom. The Morgan fingerprint density at radius 3 is 2.35 bits per heavy atom. The van der Waals surface area contributed by atoms with Crippen molar-refractivity contribution in [3.8, 4) is 0 Å². The SMILES string of the molecule is O=C(O)CC1CCN(c2c(F)cc(C(=O)CCCNC(=O)Nc3ccccc3Cl)cc2F)CC1. The molecule has 1 heterocycles. The van der Waals surface area contributed by atoms with Crippen molar-refractivity contribution in [3.05, 3.63) is 58.6 Å². The Bertz CT molecular complexity index is 1040. The number of para-hydroxylation sites is 1. The number of rotatable bonds is 9. The van der Waals surface area contributed by atoms with Gasteiger partial charge in [0.15, 0.2) is 5.78 Å². The van der Waals surface area contributed by atoms with Crippen molar-refractivity contribution in [2.24, 2.45) is 5.92 Å². The summed E-state index contributed by atoms with van der Waals surface area (Å²) in [5, 5.41) is 14.5. The summed E-state index contributed by atoms with van der Waals surface area (Å²) in [4.78, 5) is 36.7. The molecule has 0 saturated carbocycles. The highest BCUT2D eigenvalue weighted by Gasteiger charge is 2.26. The molecule has 3 N–H and O–H groups in total. The van der Waals surface area contributed by atoms with Crippen LogP contribution in [0, 0.1) is 17.6 Å². The number of halogens is 3. The number of Topliss-reactive ketones (excluding diaryl/α,β-unsaturated/α-hetero) is 1. The van der Waals surface area contributed by atoms with Gasteiger partial charge in [-0.2, -0.15) is 0 Å². The smallest absolute Gasteiger partial charge is 0.319 e. The van der Waals surface area contributed by atoms with Crippen LogP contribution in [0.4, 0.5) is 25.0 Å². The van der Waals surface area contributed by atoms with Gasteiger partial charge in [0.25, 0.3) is 0 Å². The largest absolute Gasteiger partial charge is 0.481 e. The standard InChI is InChI=1S/C24H26ClF2N3O4/c25-17-4-1-2-5-20(17)29-24(34)28-9-3-6-21(31)16-13-18(26)23(19(27)14-16)30-10-7-15(8-11-30)12-22(32)33/h1-2,4-5,13-15H,3,6-12H2,(H,32,33)(H2,28,29,34). The number of carbonyl (C=O) groups is 3. The molecule has 0 atom stereocenters. The molecule has 1 saturated heterocycles. The minimum atomic E-state index is -0.880. The first-order valence-corrected chi connectivity index (χ1v) is 11.4. The Morgan fingerprint density at radius 2 is 1.74 bits per heavy atom. The molecule has 0 aromatic heterocycles. The third kappa shape index (κ3) is 6.90. The van der Waals surface area contributed by atoms with Crippen LogP contribution in [-0.2, 0) is 4.79 Å². The molecule has 1 aliphatic rings. The van der Waals surface area contributed by atoms with Crippen LogP contribution >= 0.6 is 11.6 Å². The van der Waals surface area contributed by atoms with Crippen LogP contribution in [0.3, 0.4) is 0 Å². The zero-order valence-electron chi connectivity index (χ0n) is 18.5. The van der Waals surface area contributed by atoms with E-state index in [1.807, 2.05) is 0 Å². The number of carboxylic acids is 1. The van der Waals surface area contributed by atoms with Gasteiger partial charge >= 0.3 is 12.0 Å². The van der Waals surface area contributed by atoms with Crippen molar-refractivity contribution in [1.82, 2.24) is 5.32 Å². The molecule has 0 unspecified atom stereocenters. The van der Waals surface area contributed by atoms with E-state index in [0.717, 1.165) is 12.1 Å². The number of amides is 2. The second kappa shape index (κ2) is 11.8. The molecular weight excluding hydrogens is 468 g/mol. The van der Waals surface area contributed by atoms with E-state index in [4.69, 9.17) is 16.7 Å². The highest BCUT2D eigenvalue weighted by molar-refractivity contribution is 6.33. The lowest BCUT2D eigenvalue weighted by atomic mass is 9.93. The van der Waals surface area contributed by atoms with Gasteiger partial charge in [0.1, 0.15) is 17.3 Å². The zero-order chi connectivity index (χ0) is 24.7. The van der Waals surface area contributed by atoms with E-state index in [2.05, 4.69) is 10.6 Å². The third-order valence-corrected chi connectivity index (χ3v) is 6.05. The number of piperidine rings is 1. The molecule has 182 valence electrons. The summed E-state index contributed by atoms with van der Waals surface area (Å²) < 4.78 is 29.4. The number of ketones is 1. The van der Waals surface area contributed by atoms with Crippen molar-refractivity contribution in [2.45, 2.75) is 32.1 Å². The van der Waals surface area contributed by atoms with Gasteiger partial charge in [0.05, 0.1) is 10.7 Å². The Balaban J connectivity index is 1.48. The molecule has 1 fully saturated rings. The van der Waals surface area contributed by atoms with Crippen molar-refractivity contribution in [2.75, 3.05) is 29.9 Å². The predicted molar refractivity (Wildman–Crippen MR) is 126 cm³/mol. The number of hydrogen-bond acceptors (Lipinski definition) is 4. The average Bonchev–Trinajstić information content (AvgIpc) is 2.78. The van der Waals surface area contributed by atoms with Crippen LogP contribution in [0.2, 0.25) is 5.02 Å². The predicted octanol–water partition coefficient (Wildman–Crippen LogP) is 5.09. The Labute approximate surface area is 201 Å². The van der Waals surface area contributed by atoms with Crippen molar-refractivity contribution >= 4 is 40.8 Å². The molecule has 34 heavy (non-hydrogen) atoms. The van der Waals surface area contributed by atoms with Gasteiger partial charge in [-0.25, -0.2) is 13.6 Å². The summed E-state index contributed by atoms with van der Waals surface area (Å²) in [5.74, 6) is -2.97. The molecule has 0 radical (unpaired) electrons. The van der Waals surface area contributed by atoms with Crippen LogP contribution in [0.15, 0.2) is 36.4 Å². The number of nitrogens with one attached hydrogen (secondary N) is 2. The first kappa shape index (κ1) is 25.4. The minimum Gasteiger partial charge on any atom is -0.481 e. The number of anilines is 2. The fourth-order valence-electron chi connectivity index (χ4n) is 3.96. The number of hydrogen-bond donors (Lipinski definition) is 3. The summed E-state index contributed by atoms with van der Waals surface area (Å²) in [6.45, 7) is 0.887. The summed E-state index contributed by atoms with van der Waals surface area (Å²) >= 11 is 5.98. The van der Waals surface area contributed by atoms with E-state index >= 15 is 0 Å². The summed E-state index contributed by atoms with van der Waals surface area (Å²) in [7, 11) is 0. The number of nitrogens with zero attached hydrogens (tertiary/aromatic N) is 1. The molecule has 0 aliphatic carbocycles. The van der Waals surface area contributed by atoms with Crippen LogP contribution < -0.4 is 15.5 Å². The first-order valence-electron chi connectivity index (χ1n) is 11.0. The van der Waals surface area contributed by atoms with Gasteiger partial charge in [0.2, 0.25) is 0 Å². The van der Waals surface area contributed by atoms with Crippen LogP contribution in [0.25, 0.3) is 0 Å². The normalized spacial score (nSPS) is 14.0.